The van der Waals surface area contributed by atoms with E-state index in [0.29, 0.717) is 31.3 Å². The van der Waals surface area contributed by atoms with Crippen molar-refractivity contribution in [3.8, 4) is 5.88 Å². The van der Waals surface area contributed by atoms with Gasteiger partial charge < -0.3 is 20.1 Å². The highest BCUT2D eigenvalue weighted by Crippen LogP contribution is 2.25. The lowest BCUT2D eigenvalue weighted by Gasteiger charge is -2.23. The van der Waals surface area contributed by atoms with Crippen LogP contribution >= 0.6 is 0 Å². The summed E-state index contributed by atoms with van der Waals surface area (Å²) in [6.45, 7) is 3.35. The number of ether oxygens (including phenoxy) is 2. The van der Waals surface area contributed by atoms with Crippen molar-refractivity contribution in [2.45, 2.75) is 6.92 Å². The second-order valence-corrected chi connectivity index (χ2v) is 4.56. The molecule has 0 saturated carbocycles. The maximum absolute atomic E-state index is 12.4. The highest BCUT2D eigenvalue weighted by Gasteiger charge is 2.34. The number of nitrogens with zero attached hydrogens (tertiary/aromatic N) is 1. The van der Waals surface area contributed by atoms with Crippen LogP contribution in [0.2, 0.25) is 0 Å². The predicted octanol–water partition coefficient (Wildman–Crippen LogP) is 0.467. The zero-order chi connectivity index (χ0) is 15.2. The molecular weight excluding hydrogens is 274 g/mol. The molecule has 1 aromatic heterocycles. The number of nitrogens with one attached hydrogen (secondary N) is 2. The molecule has 1 amide bonds. The quantitative estimate of drug-likeness (QED) is 0.585. The fourth-order valence-electron chi connectivity index (χ4n) is 2.08. The number of rotatable bonds is 6. The fourth-order valence-corrected chi connectivity index (χ4v) is 2.08. The number of aromatic nitrogens is 1. The number of Topliss-reactive ketones (excluding diaryl/α,β-unsaturated/α-hetero) is 1. The summed E-state index contributed by atoms with van der Waals surface area (Å²) in [4.78, 5) is 28.6. The molecule has 0 radical (unpaired) electrons. The molecule has 7 heteroatoms. The summed E-state index contributed by atoms with van der Waals surface area (Å²) in [5, 5.41) is 5.72. The highest BCUT2D eigenvalue weighted by molar-refractivity contribution is 6.13. The van der Waals surface area contributed by atoms with Crippen LogP contribution in [-0.4, -0.2) is 50.1 Å². The average molecular weight is 293 g/mol. The number of hydrogen-bond acceptors (Lipinski definition) is 6. The van der Waals surface area contributed by atoms with Crippen molar-refractivity contribution < 1.29 is 19.1 Å². The molecule has 2 N–H and O–H groups in total. The van der Waals surface area contributed by atoms with Gasteiger partial charge in [0.05, 0.1) is 18.9 Å². The molecule has 2 rings (SSSR count). The highest BCUT2D eigenvalue weighted by atomic mass is 16.5. The van der Waals surface area contributed by atoms with Crippen molar-refractivity contribution in [3.05, 3.63) is 17.8 Å². The van der Waals surface area contributed by atoms with Crippen LogP contribution in [0.3, 0.4) is 0 Å². The molecular formula is C14H19N3O4. The molecule has 1 aliphatic rings. The Morgan fingerprint density at radius 1 is 1.52 bits per heavy atom. The molecule has 2 heterocycles. The van der Waals surface area contributed by atoms with Crippen molar-refractivity contribution in [2.24, 2.45) is 5.92 Å². The number of hydrogen-bond donors (Lipinski definition) is 2. The largest absolute Gasteiger partial charge is 0.478 e. The Balaban J connectivity index is 2.11. The monoisotopic (exact) mass is 293 g/mol. The Bertz CT molecular complexity index is 533. The van der Waals surface area contributed by atoms with Gasteiger partial charge in [-0.25, -0.2) is 4.98 Å². The van der Waals surface area contributed by atoms with Crippen molar-refractivity contribution in [1.29, 1.82) is 0 Å². The van der Waals surface area contributed by atoms with Crippen LogP contribution < -0.4 is 15.4 Å². The van der Waals surface area contributed by atoms with Crippen LogP contribution in [-0.2, 0) is 9.53 Å². The van der Waals surface area contributed by atoms with Gasteiger partial charge in [0.15, 0.2) is 5.78 Å². The SMILES string of the molecule is CCOc1ccc2c(n1)C(=O)C(C(=O)NCCOC)CN2. The van der Waals surface area contributed by atoms with Crippen LogP contribution in [0.25, 0.3) is 0 Å². The van der Waals surface area contributed by atoms with E-state index in [0.717, 1.165) is 0 Å². The van der Waals surface area contributed by atoms with Gasteiger partial charge >= 0.3 is 0 Å². The summed E-state index contributed by atoms with van der Waals surface area (Å²) in [6.07, 6.45) is 0. The lowest BCUT2D eigenvalue weighted by Crippen LogP contribution is -2.43. The van der Waals surface area contributed by atoms with Gasteiger partial charge in [0.1, 0.15) is 11.6 Å². The van der Waals surface area contributed by atoms with Crippen molar-refractivity contribution in [1.82, 2.24) is 10.3 Å². The van der Waals surface area contributed by atoms with Crippen LogP contribution in [0.15, 0.2) is 12.1 Å². The number of methoxy groups -OCH3 is 1. The normalized spacial score (nSPS) is 16.9. The molecule has 0 bridgehead atoms. The van der Waals surface area contributed by atoms with E-state index in [1.165, 1.54) is 0 Å². The minimum absolute atomic E-state index is 0.249. The summed E-state index contributed by atoms with van der Waals surface area (Å²) in [5.41, 5.74) is 0.878. The molecule has 21 heavy (non-hydrogen) atoms. The van der Waals surface area contributed by atoms with E-state index < -0.39 is 5.92 Å². The zero-order valence-electron chi connectivity index (χ0n) is 12.1. The van der Waals surface area contributed by atoms with Crippen molar-refractivity contribution >= 4 is 17.4 Å². The second-order valence-electron chi connectivity index (χ2n) is 4.56. The van der Waals surface area contributed by atoms with E-state index in [-0.39, 0.29) is 23.9 Å². The van der Waals surface area contributed by atoms with E-state index in [2.05, 4.69) is 15.6 Å². The van der Waals surface area contributed by atoms with Crippen LogP contribution in [0, 0.1) is 5.92 Å². The first-order chi connectivity index (χ1) is 10.2. The summed E-state index contributed by atoms with van der Waals surface area (Å²) < 4.78 is 10.1. The van der Waals surface area contributed by atoms with Gasteiger partial charge in [-0.3, -0.25) is 9.59 Å². The molecule has 114 valence electrons. The van der Waals surface area contributed by atoms with E-state index in [9.17, 15) is 9.59 Å². The first-order valence-corrected chi connectivity index (χ1v) is 6.86. The molecule has 0 aliphatic carbocycles. The minimum atomic E-state index is -0.779. The lowest BCUT2D eigenvalue weighted by atomic mass is 9.95. The number of pyridine rings is 1. The minimum Gasteiger partial charge on any atom is -0.478 e. The third-order valence-corrected chi connectivity index (χ3v) is 3.13. The van der Waals surface area contributed by atoms with Gasteiger partial charge in [-0.15, -0.1) is 0 Å². The Morgan fingerprint density at radius 2 is 2.33 bits per heavy atom. The average Bonchev–Trinajstić information content (AvgIpc) is 2.48. The van der Waals surface area contributed by atoms with E-state index in [4.69, 9.17) is 9.47 Å². The van der Waals surface area contributed by atoms with E-state index in [1.807, 2.05) is 6.92 Å². The van der Waals surface area contributed by atoms with Gasteiger partial charge in [0.2, 0.25) is 11.8 Å². The number of fused-ring (bicyclic) bond motifs is 1. The standard InChI is InChI=1S/C14H19N3O4/c1-3-21-11-5-4-10-12(17-11)13(18)9(8-16-10)14(19)15-6-7-20-2/h4-5,9,16H,3,6-8H2,1-2H3,(H,15,19). The summed E-state index contributed by atoms with van der Waals surface area (Å²) in [6, 6.07) is 3.44. The molecule has 1 aliphatic heterocycles. The summed E-state index contributed by atoms with van der Waals surface area (Å²) in [7, 11) is 1.55. The number of ketones is 1. The molecule has 0 fully saturated rings. The Labute approximate surface area is 123 Å². The van der Waals surface area contributed by atoms with Crippen LogP contribution in [0.4, 0.5) is 5.69 Å². The van der Waals surface area contributed by atoms with Gasteiger partial charge in [-0.1, -0.05) is 0 Å². The predicted molar refractivity (Wildman–Crippen MR) is 76.6 cm³/mol. The Hall–Kier alpha value is -2.15. The lowest BCUT2D eigenvalue weighted by molar-refractivity contribution is -0.123. The molecule has 1 atom stereocenters. The van der Waals surface area contributed by atoms with E-state index >= 15 is 0 Å². The van der Waals surface area contributed by atoms with Gasteiger partial charge in [0, 0.05) is 26.3 Å². The number of carbonyl (C=O) groups excluding carboxylic acids is 2. The van der Waals surface area contributed by atoms with Crippen molar-refractivity contribution in [3.63, 3.8) is 0 Å². The third-order valence-electron chi connectivity index (χ3n) is 3.13. The van der Waals surface area contributed by atoms with Crippen LogP contribution in [0.5, 0.6) is 5.88 Å². The van der Waals surface area contributed by atoms with E-state index in [1.54, 1.807) is 19.2 Å². The Morgan fingerprint density at radius 3 is 3.05 bits per heavy atom. The summed E-state index contributed by atoms with van der Waals surface area (Å²) >= 11 is 0. The molecule has 1 unspecified atom stereocenters. The molecule has 0 aromatic carbocycles. The first-order valence-electron chi connectivity index (χ1n) is 6.86. The fraction of sp³-hybridized carbons (Fsp3) is 0.500. The van der Waals surface area contributed by atoms with Gasteiger partial charge in [-0.2, -0.15) is 0 Å². The Kier molecular flexibility index (Phi) is 5.10. The smallest absolute Gasteiger partial charge is 0.232 e. The topological polar surface area (TPSA) is 89.5 Å². The van der Waals surface area contributed by atoms with Gasteiger partial charge in [0.25, 0.3) is 0 Å². The third kappa shape index (κ3) is 3.49. The van der Waals surface area contributed by atoms with Crippen LogP contribution in [0.1, 0.15) is 17.4 Å². The number of carbonyl (C=O) groups is 2. The second kappa shape index (κ2) is 7.03. The maximum Gasteiger partial charge on any atom is 0.232 e. The molecule has 1 aromatic rings. The number of amides is 1. The maximum atomic E-state index is 12.4. The zero-order valence-corrected chi connectivity index (χ0v) is 12.1. The van der Waals surface area contributed by atoms with Crippen molar-refractivity contribution in [2.75, 3.05) is 38.7 Å². The molecule has 0 spiro atoms. The first kappa shape index (κ1) is 15.2. The summed E-state index contributed by atoms with van der Waals surface area (Å²) in [5.74, 6) is -1.01. The van der Waals surface area contributed by atoms with Gasteiger partial charge in [-0.05, 0) is 13.0 Å². The molecule has 7 nitrogen and oxygen atoms in total. The number of anilines is 1. The molecule has 0 saturated heterocycles.